The molecular weight excluding hydrogens is 378 g/mol. The smallest absolute Gasteiger partial charge is 0.348 e. The monoisotopic (exact) mass is 406 g/mol. The van der Waals surface area contributed by atoms with E-state index in [0.29, 0.717) is 12.4 Å². The van der Waals surface area contributed by atoms with E-state index in [4.69, 9.17) is 37.0 Å². The van der Waals surface area contributed by atoms with E-state index in [1.54, 1.807) is 0 Å². The van der Waals surface area contributed by atoms with E-state index in [2.05, 4.69) is 18.5 Å². The van der Waals surface area contributed by atoms with Crippen molar-refractivity contribution in [3.8, 4) is 0 Å². The van der Waals surface area contributed by atoms with Crippen LogP contribution in [0, 0.1) is 5.41 Å². The zero-order valence-electron chi connectivity index (χ0n) is 15.9. The molecule has 1 aromatic rings. The van der Waals surface area contributed by atoms with E-state index in [0.717, 1.165) is 18.8 Å². The van der Waals surface area contributed by atoms with Crippen LogP contribution in [0.3, 0.4) is 0 Å². The van der Waals surface area contributed by atoms with E-state index < -0.39 is 7.66 Å². The molecule has 0 spiro atoms. The number of halogens is 2. The number of allylic oxidation sites excluding steroid dienone is 1. The van der Waals surface area contributed by atoms with Gasteiger partial charge in [0.2, 0.25) is 0 Å². The van der Waals surface area contributed by atoms with Gasteiger partial charge in [-0.05, 0) is 19.1 Å². The van der Waals surface area contributed by atoms with Gasteiger partial charge in [-0.2, -0.15) is 4.74 Å². The lowest BCUT2D eigenvalue weighted by molar-refractivity contribution is 0.206. The van der Waals surface area contributed by atoms with Gasteiger partial charge in [-0.1, -0.05) is 76.0 Å². The van der Waals surface area contributed by atoms with Gasteiger partial charge in [-0.25, -0.2) is 4.67 Å². The van der Waals surface area contributed by atoms with E-state index in [1.807, 2.05) is 58.0 Å². The van der Waals surface area contributed by atoms with E-state index in [-0.39, 0.29) is 9.91 Å². The summed E-state index contributed by atoms with van der Waals surface area (Å²) < 4.78 is 19.7. The van der Waals surface area contributed by atoms with Crippen LogP contribution in [0.25, 0.3) is 0 Å². The Morgan fingerprint density at radius 2 is 1.64 bits per heavy atom. The zero-order chi connectivity index (χ0) is 19.1. The van der Waals surface area contributed by atoms with Crippen molar-refractivity contribution in [2.45, 2.75) is 41.5 Å². The Labute approximate surface area is 162 Å². The maximum Gasteiger partial charge on any atom is 0.348 e. The molecule has 0 saturated carbocycles. The van der Waals surface area contributed by atoms with E-state index in [1.165, 1.54) is 0 Å². The third-order valence-corrected chi connectivity index (χ3v) is 6.57. The quantitative estimate of drug-likeness (QED) is 0.334. The molecule has 0 bridgehead atoms. The fourth-order valence-electron chi connectivity index (χ4n) is 2.24. The van der Waals surface area contributed by atoms with Gasteiger partial charge in [0.15, 0.2) is 0 Å². The van der Waals surface area contributed by atoms with E-state index >= 15 is 0 Å². The van der Waals surface area contributed by atoms with Crippen LogP contribution in [0.2, 0.25) is 0 Å². The van der Waals surface area contributed by atoms with Crippen LogP contribution in [0.15, 0.2) is 45.3 Å². The molecule has 1 aromatic carbocycles. The number of hydrogen-bond acceptors (Lipinski definition) is 3. The second kappa shape index (κ2) is 9.99. The van der Waals surface area contributed by atoms with Gasteiger partial charge in [0.1, 0.15) is 10.3 Å². The van der Waals surface area contributed by atoms with Crippen LogP contribution in [0.1, 0.15) is 41.5 Å². The average molecular weight is 407 g/mol. The molecule has 0 saturated heterocycles. The molecule has 142 valence electrons. The summed E-state index contributed by atoms with van der Waals surface area (Å²) in [4.78, 5) is 0. The van der Waals surface area contributed by atoms with Crippen LogP contribution < -0.4 is 0 Å². The number of nitrogens with zero attached hydrogens (tertiary/aromatic N) is 2. The lowest BCUT2D eigenvalue weighted by Crippen LogP contribution is -2.25. The van der Waals surface area contributed by atoms with Crippen LogP contribution in [-0.4, -0.2) is 24.4 Å². The first-order valence-electron chi connectivity index (χ1n) is 8.52. The molecule has 0 aliphatic carbocycles. The minimum atomic E-state index is -2.80. The minimum absolute atomic E-state index is 0.104. The Morgan fingerprint density at radius 1 is 1.08 bits per heavy atom. The summed E-state index contributed by atoms with van der Waals surface area (Å²) in [5.74, 6) is 0.490. The van der Waals surface area contributed by atoms with Crippen molar-refractivity contribution in [1.82, 2.24) is 4.67 Å². The molecule has 4 nitrogen and oxygen atoms in total. The third-order valence-electron chi connectivity index (χ3n) is 3.45. The second-order valence-corrected chi connectivity index (χ2v) is 9.55. The standard InChI is InChI=1S/C18H29Cl2N2O2P/c1-7-22(8-2)25(23-9-3,21-15-13-11-10-12-14-15)24-16(17(19)20)18(4,5)6/h10-14H,7-9H2,1-6H3. The molecule has 0 N–H and O–H groups in total. The van der Waals surface area contributed by atoms with Crippen molar-refractivity contribution in [3.63, 3.8) is 0 Å². The van der Waals surface area contributed by atoms with Gasteiger partial charge in [-0.3, -0.25) is 0 Å². The summed E-state index contributed by atoms with van der Waals surface area (Å²) in [6.07, 6.45) is 0. The van der Waals surface area contributed by atoms with Gasteiger partial charge in [-0.15, -0.1) is 0 Å². The van der Waals surface area contributed by atoms with Crippen molar-refractivity contribution < 1.29 is 9.05 Å². The molecule has 0 aromatic heterocycles. The third kappa shape index (κ3) is 6.30. The van der Waals surface area contributed by atoms with Gasteiger partial charge in [0, 0.05) is 18.5 Å². The van der Waals surface area contributed by atoms with Crippen molar-refractivity contribution in [2.24, 2.45) is 10.2 Å². The van der Waals surface area contributed by atoms with Crippen LogP contribution in [0.4, 0.5) is 5.69 Å². The van der Waals surface area contributed by atoms with Crippen molar-refractivity contribution in [3.05, 3.63) is 40.6 Å². The Hall–Kier alpha value is -0.510. The van der Waals surface area contributed by atoms with Crippen molar-refractivity contribution in [1.29, 1.82) is 0 Å². The molecule has 0 radical (unpaired) electrons. The van der Waals surface area contributed by atoms with E-state index in [9.17, 15) is 0 Å². The molecular formula is C18H29Cl2N2O2P. The summed E-state index contributed by atoms with van der Waals surface area (Å²) in [6, 6.07) is 9.70. The molecule has 0 aliphatic heterocycles. The molecule has 0 aliphatic rings. The van der Waals surface area contributed by atoms with Crippen molar-refractivity contribution >= 4 is 36.5 Å². The normalized spacial score (nSPS) is 14.1. The van der Waals surface area contributed by atoms with Gasteiger partial charge in [0.05, 0.1) is 12.3 Å². The lowest BCUT2D eigenvalue weighted by atomic mass is 9.95. The zero-order valence-corrected chi connectivity index (χ0v) is 18.3. The maximum atomic E-state index is 6.42. The van der Waals surface area contributed by atoms with Gasteiger partial charge in [0.25, 0.3) is 0 Å². The van der Waals surface area contributed by atoms with Gasteiger partial charge >= 0.3 is 7.66 Å². The molecule has 0 heterocycles. The molecule has 1 rings (SSSR count). The number of hydrogen-bond donors (Lipinski definition) is 0. The molecule has 0 fully saturated rings. The Kier molecular flexibility index (Phi) is 9.00. The number of benzene rings is 1. The Morgan fingerprint density at radius 3 is 2.04 bits per heavy atom. The molecule has 25 heavy (non-hydrogen) atoms. The summed E-state index contributed by atoms with van der Waals surface area (Å²) in [7, 11) is -2.80. The predicted octanol–water partition coefficient (Wildman–Crippen LogP) is 7.35. The first-order chi connectivity index (χ1) is 11.7. The summed E-state index contributed by atoms with van der Waals surface area (Å²) in [5.41, 5.74) is 0.427. The Bertz CT molecular complexity index is 620. The SMILES string of the molecule is CCOP(=Nc1ccccc1)(OC(=C(Cl)Cl)C(C)(C)C)N(CC)CC. The predicted molar refractivity (Wildman–Crippen MR) is 109 cm³/mol. The molecule has 1 atom stereocenters. The first kappa shape index (κ1) is 22.5. The molecule has 7 heteroatoms. The summed E-state index contributed by atoms with van der Waals surface area (Å²) in [5, 5.41) is 0. The molecule has 1 unspecified atom stereocenters. The highest BCUT2D eigenvalue weighted by Gasteiger charge is 2.36. The highest BCUT2D eigenvalue weighted by molar-refractivity contribution is 7.54. The fourth-order valence-corrected chi connectivity index (χ4v) is 5.63. The second-order valence-electron chi connectivity index (χ2n) is 6.41. The summed E-state index contributed by atoms with van der Waals surface area (Å²) in [6.45, 7) is 14.0. The van der Waals surface area contributed by atoms with Crippen molar-refractivity contribution in [2.75, 3.05) is 19.7 Å². The topological polar surface area (TPSA) is 34.1 Å². The van der Waals surface area contributed by atoms with Crippen LogP contribution in [-0.2, 0) is 9.05 Å². The maximum absolute atomic E-state index is 6.42. The Balaban J connectivity index is 3.60. The first-order valence-corrected chi connectivity index (χ1v) is 10.8. The molecule has 0 amide bonds. The summed E-state index contributed by atoms with van der Waals surface area (Å²) >= 11 is 12.3. The van der Waals surface area contributed by atoms with Gasteiger partial charge < -0.3 is 9.05 Å². The minimum Gasteiger partial charge on any atom is -0.428 e. The van der Waals surface area contributed by atoms with Crippen LogP contribution >= 0.6 is 30.9 Å². The lowest BCUT2D eigenvalue weighted by Gasteiger charge is -2.36. The fraction of sp³-hybridized carbons (Fsp3) is 0.556. The highest BCUT2D eigenvalue weighted by atomic mass is 35.5. The number of rotatable bonds is 8. The average Bonchev–Trinajstić information content (AvgIpc) is 2.53. The highest BCUT2D eigenvalue weighted by Crippen LogP contribution is 2.61. The van der Waals surface area contributed by atoms with Crippen LogP contribution in [0.5, 0.6) is 0 Å². The largest absolute Gasteiger partial charge is 0.428 e.